The molecule has 1 aromatic heterocycles. The zero-order valence-corrected chi connectivity index (χ0v) is 12.2. The van der Waals surface area contributed by atoms with Gasteiger partial charge in [0.1, 0.15) is 0 Å². The van der Waals surface area contributed by atoms with Crippen LogP contribution in [0.1, 0.15) is 47.5 Å². The summed E-state index contributed by atoms with van der Waals surface area (Å²) in [5, 5.41) is 3.29. The van der Waals surface area contributed by atoms with Crippen molar-refractivity contribution in [2.24, 2.45) is 5.92 Å². The molecule has 4 nitrogen and oxygen atoms in total. The topological polar surface area (TPSA) is 46.9 Å². The van der Waals surface area contributed by atoms with E-state index >= 15 is 0 Å². The minimum Gasteiger partial charge on any atom is -0.360 e. The second-order valence-electron chi connectivity index (χ2n) is 5.52. The van der Waals surface area contributed by atoms with E-state index in [1.54, 1.807) is 17.0 Å². The number of hydrogen-bond donors (Lipinski definition) is 1. The van der Waals surface area contributed by atoms with Gasteiger partial charge in [0.2, 0.25) is 0 Å². The summed E-state index contributed by atoms with van der Waals surface area (Å²) in [5.41, 5.74) is -0.0947. The Bertz CT molecular complexity index is 433. The van der Waals surface area contributed by atoms with E-state index in [1.807, 2.05) is 0 Å². The normalized spacial score (nSPS) is 11.9. The molecule has 0 atom stereocenters. The Kier molecular flexibility index (Phi) is 4.93. The second-order valence-corrected chi connectivity index (χ2v) is 5.52. The van der Waals surface area contributed by atoms with Gasteiger partial charge in [-0.05, 0) is 25.7 Å². The van der Waals surface area contributed by atoms with Crippen LogP contribution in [0.3, 0.4) is 0 Å². The number of nitrogens with zero attached hydrogens (tertiary/aromatic N) is 2. The fraction of sp³-hybridized carbons (Fsp3) is 0.714. The van der Waals surface area contributed by atoms with Crippen LogP contribution in [-0.4, -0.2) is 15.1 Å². The molecule has 0 aromatic carbocycles. The van der Waals surface area contributed by atoms with E-state index in [1.165, 1.54) is 0 Å². The first-order valence-electron chi connectivity index (χ1n) is 6.75. The number of hydrogen-bond acceptors (Lipinski definition) is 3. The first-order chi connectivity index (χ1) is 8.41. The van der Waals surface area contributed by atoms with E-state index in [4.69, 9.17) is 0 Å². The van der Waals surface area contributed by atoms with Gasteiger partial charge in [-0.1, -0.05) is 27.7 Å². The highest BCUT2D eigenvalue weighted by Crippen LogP contribution is 2.18. The zero-order valence-electron chi connectivity index (χ0n) is 12.2. The average Bonchev–Trinajstić information content (AvgIpc) is 2.33. The van der Waals surface area contributed by atoms with Crippen molar-refractivity contribution in [3.05, 3.63) is 22.7 Å². The predicted molar refractivity (Wildman–Crippen MR) is 75.9 cm³/mol. The fourth-order valence-electron chi connectivity index (χ4n) is 1.78. The van der Waals surface area contributed by atoms with Crippen molar-refractivity contribution in [2.75, 3.05) is 5.32 Å². The van der Waals surface area contributed by atoms with Gasteiger partial charge in [0.25, 0.3) is 5.56 Å². The zero-order chi connectivity index (χ0) is 13.8. The molecule has 0 bridgehead atoms. The Morgan fingerprint density at radius 1 is 1.39 bits per heavy atom. The third-order valence-corrected chi connectivity index (χ3v) is 3.46. The van der Waals surface area contributed by atoms with E-state index in [0.717, 1.165) is 19.4 Å². The van der Waals surface area contributed by atoms with Gasteiger partial charge in [0.05, 0.1) is 0 Å². The lowest BCUT2D eigenvalue weighted by Crippen LogP contribution is -2.37. The van der Waals surface area contributed by atoms with Gasteiger partial charge >= 0.3 is 0 Å². The molecule has 0 aliphatic rings. The van der Waals surface area contributed by atoms with Crippen LogP contribution in [0.5, 0.6) is 0 Å². The molecule has 0 fully saturated rings. The molecule has 1 rings (SSSR count). The molecule has 18 heavy (non-hydrogen) atoms. The molecule has 0 saturated heterocycles. The van der Waals surface area contributed by atoms with E-state index in [-0.39, 0.29) is 11.1 Å². The van der Waals surface area contributed by atoms with Crippen LogP contribution in [0.4, 0.5) is 5.82 Å². The Morgan fingerprint density at radius 2 is 2.00 bits per heavy atom. The summed E-state index contributed by atoms with van der Waals surface area (Å²) in [6.07, 6.45) is 5.37. The molecule has 1 heterocycles. The summed E-state index contributed by atoms with van der Waals surface area (Å²) in [5.74, 6) is 0.908. The van der Waals surface area contributed by atoms with Gasteiger partial charge < -0.3 is 9.88 Å². The van der Waals surface area contributed by atoms with Crippen molar-refractivity contribution < 1.29 is 0 Å². The van der Waals surface area contributed by atoms with E-state index in [2.05, 4.69) is 44.9 Å². The maximum atomic E-state index is 12.3. The molecule has 0 aliphatic heterocycles. The Balaban J connectivity index is 3.01. The molecule has 0 aliphatic carbocycles. The van der Waals surface area contributed by atoms with Gasteiger partial charge in [-0.15, -0.1) is 0 Å². The number of aromatic nitrogens is 2. The summed E-state index contributed by atoms with van der Waals surface area (Å²) in [7, 11) is 0. The first-order valence-corrected chi connectivity index (χ1v) is 6.75. The number of anilines is 1. The van der Waals surface area contributed by atoms with Crippen LogP contribution < -0.4 is 10.9 Å². The van der Waals surface area contributed by atoms with Gasteiger partial charge in [-0.3, -0.25) is 4.79 Å². The maximum Gasteiger partial charge on any atom is 0.293 e. The maximum absolute atomic E-state index is 12.3. The molecule has 0 radical (unpaired) electrons. The minimum atomic E-state index is -0.0663. The molecule has 1 aromatic rings. The van der Waals surface area contributed by atoms with Crippen molar-refractivity contribution in [1.29, 1.82) is 0 Å². The Hall–Kier alpha value is -1.32. The van der Waals surface area contributed by atoms with Crippen molar-refractivity contribution in [3.8, 4) is 0 Å². The third kappa shape index (κ3) is 3.59. The van der Waals surface area contributed by atoms with E-state index in [9.17, 15) is 4.79 Å². The summed E-state index contributed by atoms with van der Waals surface area (Å²) in [6.45, 7) is 11.3. The largest absolute Gasteiger partial charge is 0.360 e. The lowest BCUT2D eigenvalue weighted by molar-refractivity contribution is 0.471. The number of rotatable bonds is 6. The summed E-state index contributed by atoms with van der Waals surface area (Å²) in [4.78, 5) is 16.4. The minimum absolute atomic E-state index is 0.0284. The lowest BCUT2D eigenvalue weighted by Gasteiger charge is -2.28. The summed E-state index contributed by atoms with van der Waals surface area (Å²) in [6, 6.07) is 0. The van der Waals surface area contributed by atoms with Gasteiger partial charge in [0.15, 0.2) is 5.82 Å². The Labute approximate surface area is 109 Å². The highest BCUT2D eigenvalue weighted by Gasteiger charge is 2.21. The SMILES string of the molecule is CCC(C)(CC)Nc1nccn(CC(C)C)c1=O. The lowest BCUT2D eigenvalue weighted by atomic mass is 9.96. The van der Waals surface area contributed by atoms with Crippen LogP contribution in [-0.2, 0) is 6.54 Å². The van der Waals surface area contributed by atoms with Crippen LogP contribution in [0.2, 0.25) is 0 Å². The molecule has 0 spiro atoms. The molecule has 1 N–H and O–H groups in total. The van der Waals surface area contributed by atoms with Gasteiger partial charge in [-0.25, -0.2) is 4.98 Å². The predicted octanol–water partition coefficient (Wildman–Crippen LogP) is 2.89. The highest BCUT2D eigenvalue weighted by molar-refractivity contribution is 5.34. The van der Waals surface area contributed by atoms with Crippen molar-refractivity contribution in [1.82, 2.24) is 9.55 Å². The molecular weight excluding hydrogens is 226 g/mol. The van der Waals surface area contributed by atoms with Crippen LogP contribution in [0.15, 0.2) is 17.2 Å². The van der Waals surface area contributed by atoms with Crippen molar-refractivity contribution >= 4 is 5.82 Å². The molecule has 0 amide bonds. The molecule has 4 heteroatoms. The summed E-state index contributed by atoms with van der Waals surface area (Å²) >= 11 is 0. The number of nitrogens with one attached hydrogen (secondary N) is 1. The highest BCUT2D eigenvalue weighted by atomic mass is 16.1. The third-order valence-electron chi connectivity index (χ3n) is 3.46. The average molecular weight is 251 g/mol. The standard InChI is InChI=1S/C14H25N3O/c1-6-14(5,7-2)16-12-13(18)17(9-8-15-12)10-11(3)4/h8-9,11H,6-7,10H2,1-5H3,(H,15,16). The van der Waals surface area contributed by atoms with Crippen molar-refractivity contribution in [3.63, 3.8) is 0 Å². The van der Waals surface area contributed by atoms with Gasteiger partial charge in [-0.2, -0.15) is 0 Å². The summed E-state index contributed by atoms with van der Waals surface area (Å²) < 4.78 is 1.73. The monoisotopic (exact) mass is 251 g/mol. The molecule has 0 unspecified atom stereocenters. The van der Waals surface area contributed by atoms with Crippen molar-refractivity contribution in [2.45, 2.75) is 59.5 Å². The van der Waals surface area contributed by atoms with Crippen LogP contribution >= 0.6 is 0 Å². The molecule has 102 valence electrons. The Morgan fingerprint density at radius 3 is 2.50 bits per heavy atom. The quantitative estimate of drug-likeness (QED) is 0.845. The van der Waals surface area contributed by atoms with Gasteiger partial charge in [0, 0.05) is 24.5 Å². The molecule has 0 saturated carbocycles. The fourth-order valence-corrected chi connectivity index (χ4v) is 1.78. The second kappa shape index (κ2) is 6.03. The van der Waals surface area contributed by atoms with E-state index in [0.29, 0.717) is 11.7 Å². The van der Waals surface area contributed by atoms with Crippen LogP contribution in [0.25, 0.3) is 0 Å². The van der Waals surface area contributed by atoms with E-state index < -0.39 is 0 Å². The smallest absolute Gasteiger partial charge is 0.293 e. The first kappa shape index (κ1) is 14.7. The van der Waals surface area contributed by atoms with Crippen LogP contribution in [0, 0.1) is 5.92 Å². The molecular formula is C14H25N3O.